The second-order valence-corrected chi connectivity index (χ2v) is 33.3. The van der Waals surface area contributed by atoms with E-state index in [1.807, 2.05) is 73.6 Å². The van der Waals surface area contributed by atoms with Crippen molar-refractivity contribution < 1.29 is 199 Å². The van der Waals surface area contributed by atoms with Crippen molar-refractivity contribution in [3.8, 4) is 0 Å². The number of aliphatic hydroxyl groups excluding tert-OH is 1. The van der Waals surface area contributed by atoms with Crippen LogP contribution in [0, 0.1) is 42.5 Å². The molecule has 7 radical (unpaired) electrons. The first-order chi connectivity index (χ1) is 53.5. The third kappa shape index (κ3) is 121. The second kappa shape index (κ2) is 115. The zero-order valence-electron chi connectivity index (χ0n) is 80.8. The van der Waals surface area contributed by atoms with Gasteiger partial charge in [0.05, 0.1) is 0 Å². The molecule has 0 spiro atoms. The summed E-state index contributed by atoms with van der Waals surface area (Å²) >= 11 is 6.23. The van der Waals surface area contributed by atoms with Crippen LogP contribution in [0.1, 0.15) is 205 Å². The number of nitrogens with one attached hydrogen (secondary N) is 2. The van der Waals surface area contributed by atoms with E-state index >= 15 is 0 Å². The van der Waals surface area contributed by atoms with Gasteiger partial charge >= 0.3 is 41.5 Å². The minimum atomic E-state index is -0.639. The quantitative estimate of drug-likeness (QED) is 0.0240. The number of hydrogen-bond donors (Lipinski definition) is 2. The van der Waals surface area contributed by atoms with E-state index in [4.69, 9.17) is 10.8 Å². The van der Waals surface area contributed by atoms with Gasteiger partial charge in [-0.15, -0.1) is 13.2 Å². The fourth-order valence-corrected chi connectivity index (χ4v) is 12.3. The van der Waals surface area contributed by atoms with E-state index in [9.17, 15) is 19.2 Å². The Morgan fingerprint density at radius 3 is 0.790 bits per heavy atom. The number of piperazine rings is 4. The van der Waals surface area contributed by atoms with Crippen LogP contribution in [0.2, 0.25) is 0 Å². The van der Waals surface area contributed by atoms with Crippen molar-refractivity contribution in [3.05, 3.63) is 205 Å². The molecule has 3 N–H and O–H groups in total. The summed E-state index contributed by atoms with van der Waals surface area (Å²) < 4.78 is 4.80. The number of carbonyl (C=O) groups excluding carboxylic acids is 4. The van der Waals surface area contributed by atoms with Crippen molar-refractivity contribution in [2.75, 3.05) is 162 Å². The topological polar surface area (TPSA) is 175 Å². The number of carbonyl (C=O) groups is 4. The van der Waals surface area contributed by atoms with Crippen LogP contribution in [0.4, 0.5) is 0 Å². The van der Waals surface area contributed by atoms with Crippen LogP contribution in [0.5, 0.6) is 0 Å². The van der Waals surface area contributed by atoms with Crippen LogP contribution in [-0.2, 0) is 179 Å². The molecule has 0 aliphatic carbocycles. The number of thioether (sulfide) groups is 3. The molecule has 0 aromatic heterocycles. The summed E-state index contributed by atoms with van der Waals surface area (Å²) in [6.07, 6.45) is 6.12. The number of nitrogens with zero attached hydrogens (tertiary/aromatic N) is 7. The van der Waals surface area contributed by atoms with Crippen LogP contribution in [0.25, 0.3) is 5.73 Å². The Hall–Kier alpha value is 0.831. The molecule has 8 rings (SSSR count). The van der Waals surface area contributed by atoms with Crippen LogP contribution < -0.4 is 34.9 Å². The molecule has 4 fully saturated rings. The third-order valence-electron chi connectivity index (χ3n) is 14.1. The second-order valence-electron chi connectivity index (χ2n) is 27.6. The van der Waals surface area contributed by atoms with Crippen LogP contribution in [-0.4, -0.2) is 248 Å². The standard InChI is InChI=1S/3C17H28N2S.C7H16N2.C7H6O.C4H6O4.4C3H7.C2H3BO2.2C2H6.C2H4.CH4N.CH4O.2CH3.Na.4Y/c3*1-17(2,3)20-14-13-18-9-11-19(12-10-18)15-16-7-5-4-6-8-16;1-2-5-9-6-3-8-4-7-9;8-6-7-4-2-1-3-5-7;1-3(5)7-8-4(2)6;4*1-3-2;1-2(4)5-3;5*1-2;;;;;;;/h3*4-8H,9-15H2,1-3H3;8H,2-7H2,1H3;1-6H;1-2H3;4*1,3H2,2H3;1H3;2*1-2H3;1-2H2;2*2H,1H3;2*1H3;;;;;/q;;;;;;5*-1;;;;-1;;2*-1;+1;;;;. The summed E-state index contributed by atoms with van der Waals surface area (Å²) in [7, 11) is 6.57. The molecule has 4 saturated heterocycles. The van der Waals surface area contributed by atoms with Crippen molar-refractivity contribution in [2.45, 2.75) is 211 Å². The predicted octanol–water partition coefficient (Wildman–Crippen LogP) is 17.4. The first-order valence-electron chi connectivity index (χ1n) is 40.7. The zero-order chi connectivity index (χ0) is 87.3. The summed E-state index contributed by atoms with van der Waals surface area (Å²) in [5, 5.41) is 10.3. The van der Waals surface area contributed by atoms with Crippen molar-refractivity contribution in [1.29, 1.82) is 0 Å². The van der Waals surface area contributed by atoms with E-state index in [0.717, 1.165) is 78.1 Å². The van der Waals surface area contributed by atoms with Gasteiger partial charge in [0.25, 0.3) is 0 Å². The molecule has 0 saturated carbocycles. The van der Waals surface area contributed by atoms with E-state index in [0.29, 0.717) is 14.2 Å². The fourth-order valence-electron chi connectivity index (χ4n) is 9.38. The van der Waals surface area contributed by atoms with Crippen molar-refractivity contribution in [3.63, 3.8) is 0 Å². The van der Waals surface area contributed by atoms with Gasteiger partial charge in [0.2, 0.25) is 5.97 Å². The summed E-state index contributed by atoms with van der Waals surface area (Å²) in [5.41, 5.74) is 10.8. The molecule has 119 heavy (non-hydrogen) atoms. The minimum absolute atomic E-state index is 0. The number of hydrogen-bond acceptors (Lipinski definition) is 19. The minimum Gasteiger partial charge on any atom is -0.793 e. The van der Waals surface area contributed by atoms with Crippen LogP contribution in [0.15, 0.2) is 134 Å². The van der Waals surface area contributed by atoms with Crippen molar-refractivity contribution in [2.24, 2.45) is 0 Å². The van der Waals surface area contributed by atoms with E-state index in [-0.39, 0.29) is 175 Å². The molecule has 4 aliphatic rings. The molecule has 679 valence electrons. The molecule has 0 atom stereocenters. The maximum Gasteiger partial charge on any atom is 1.00 e. The number of rotatable bonds is 18. The summed E-state index contributed by atoms with van der Waals surface area (Å²) in [5.74, 6) is 2.01. The van der Waals surface area contributed by atoms with Gasteiger partial charge in [-0.05, 0) is 29.7 Å². The van der Waals surface area contributed by atoms with Gasteiger partial charge in [-0.3, -0.25) is 39.0 Å². The molecule has 17 nitrogen and oxygen atoms in total. The Bertz CT molecular complexity index is 2340. The van der Waals surface area contributed by atoms with E-state index < -0.39 is 17.9 Å². The molecular formula is C93H173BN9NaO8S3Y4-7. The average Bonchev–Trinajstić information content (AvgIpc) is 0.896. The summed E-state index contributed by atoms with van der Waals surface area (Å²) in [6.45, 7) is 90.2. The Balaban J connectivity index is -0.0000000800. The van der Waals surface area contributed by atoms with Gasteiger partial charge in [-0.1, -0.05) is 246 Å². The van der Waals surface area contributed by atoms with Crippen molar-refractivity contribution >= 4 is 67.5 Å². The van der Waals surface area contributed by atoms with Gasteiger partial charge < -0.3 is 76.3 Å². The average molecular weight is 2030 g/mol. The van der Waals surface area contributed by atoms with Gasteiger partial charge in [-0.25, -0.2) is 19.4 Å². The Morgan fingerprint density at radius 1 is 0.429 bits per heavy atom. The molecular weight excluding hydrogens is 1860 g/mol. The third-order valence-corrected chi connectivity index (χ3v) is 17.9. The smallest absolute Gasteiger partial charge is 0.793 e. The molecule has 4 aromatic rings. The van der Waals surface area contributed by atoms with E-state index in [2.05, 4.69) is 298 Å². The Kier molecular flexibility index (Phi) is 149. The Labute approximate surface area is 874 Å². The molecule has 0 unspecified atom stereocenters. The van der Waals surface area contributed by atoms with E-state index in [1.165, 1.54) is 185 Å². The number of benzene rings is 4. The normalized spacial score (nSPS) is 13.2. The SMILES string of the molecule is C=C.CC.CC.CC(=O)OOC(C)=O.CC(C)(C)SCCN1CCN(Cc2ccccc2)CC1.CC(C)(C)SCCN1CCN(Cc2ccccc2)CC1.CC(C)(C)SCCN1CCN(Cc2ccccc2)CC1.CCCN1CCNCC1.CO.C[NH-].O=Cc1ccccc1.[B-]OC(C)=O.[CH2-]CC.[CH2-]CC.[CH2-]CC.[CH2-]CC.[CH3-].[CH3-].[Na+].[Y].[Y].[Y].[Y]. The fraction of sp³-hybridized carbons (Fsp3) is 0.613. The molecule has 0 amide bonds. The molecule has 0 bridgehead atoms. The number of aldehydes is 1. The van der Waals surface area contributed by atoms with Gasteiger partial charge in [0.1, 0.15) is 6.29 Å². The van der Waals surface area contributed by atoms with Gasteiger partial charge in [-0.2, -0.15) is 68.0 Å². The maximum atomic E-state index is 10.0. The number of aliphatic hydroxyl groups is 1. The summed E-state index contributed by atoms with van der Waals surface area (Å²) in [4.78, 5) is 64.9. The largest absolute Gasteiger partial charge is 1.00 e. The monoisotopic (exact) mass is 2030 g/mol. The van der Waals surface area contributed by atoms with E-state index in [1.54, 1.807) is 12.1 Å². The van der Waals surface area contributed by atoms with Gasteiger partial charge in [0, 0.05) is 340 Å². The molecule has 4 aliphatic heterocycles. The zero-order valence-corrected chi connectivity index (χ0v) is 96.6. The van der Waals surface area contributed by atoms with Crippen molar-refractivity contribution in [1.82, 2.24) is 39.6 Å². The van der Waals surface area contributed by atoms with Crippen LogP contribution >= 0.6 is 35.3 Å². The molecule has 4 heterocycles. The van der Waals surface area contributed by atoms with Crippen LogP contribution in [0.3, 0.4) is 0 Å². The maximum absolute atomic E-state index is 10.0. The first kappa shape index (κ1) is 154. The summed E-state index contributed by atoms with van der Waals surface area (Å²) in [6, 6.07) is 41.5. The Morgan fingerprint density at radius 2 is 0.622 bits per heavy atom. The predicted molar refractivity (Wildman–Crippen MR) is 511 cm³/mol. The first-order valence-corrected chi connectivity index (χ1v) is 43.6. The molecule has 4 aromatic carbocycles. The van der Waals surface area contributed by atoms with Gasteiger partial charge in [0.15, 0.2) is 0 Å². The molecule has 26 heteroatoms.